The van der Waals surface area contributed by atoms with Crippen molar-refractivity contribution in [3.8, 4) is 0 Å². The van der Waals surface area contributed by atoms with E-state index in [0.29, 0.717) is 6.42 Å². The minimum absolute atomic E-state index is 0.233. The van der Waals surface area contributed by atoms with Gasteiger partial charge in [-0.3, -0.25) is 0 Å². The highest BCUT2D eigenvalue weighted by molar-refractivity contribution is 4.80. The molecule has 0 aromatic rings. The molecule has 1 atom stereocenters. The highest BCUT2D eigenvalue weighted by atomic mass is 19.4. The van der Waals surface area contributed by atoms with E-state index < -0.39 is 30.2 Å². The minimum atomic E-state index is -5.61. The first-order valence-electron chi connectivity index (χ1n) is 5.29. The van der Waals surface area contributed by atoms with Crippen LogP contribution in [0.15, 0.2) is 0 Å². The molecule has 0 aliphatic rings. The van der Waals surface area contributed by atoms with Crippen LogP contribution in [0.5, 0.6) is 0 Å². The average Bonchev–Trinajstić information content (AvgIpc) is 2.09. The van der Waals surface area contributed by atoms with Crippen LogP contribution in [0.1, 0.15) is 33.6 Å². The molecule has 0 amide bonds. The van der Waals surface area contributed by atoms with Gasteiger partial charge in [0.05, 0.1) is 0 Å². The summed E-state index contributed by atoms with van der Waals surface area (Å²) in [4.78, 5) is 0. The zero-order chi connectivity index (χ0) is 14.8. The Hall–Kier alpha value is -0.500. The fraction of sp³-hybridized carbons (Fsp3) is 1.00. The van der Waals surface area contributed by atoms with E-state index >= 15 is 0 Å². The lowest BCUT2D eigenvalue weighted by Gasteiger charge is -2.34. The van der Waals surface area contributed by atoms with Crippen molar-refractivity contribution in [2.45, 2.75) is 58.4 Å². The predicted octanol–water partition coefficient (Wildman–Crippen LogP) is 3.64. The molecule has 0 rings (SSSR count). The summed E-state index contributed by atoms with van der Waals surface area (Å²) < 4.78 is 77.0. The molecule has 0 radical (unpaired) electrons. The molecule has 8 heteroatoms. The number of aliphatic hydroxyl groups is 1. The van der Waals surface area contributed by atoms with Gasteiger partial charge in [0, 0.05) is 5.41 Å². The molecule has 0 heterocycles. The molecule has 1 unspecified atom stereocenters. The third-order valence-electron chi connectivity index (χ3n) is 2.42. The van der Waals surface area contributed by atoms with E-state index in [0.717, 1.165) is 0 Å². The maximum atomic E-state index is 12.2. The SMILES string of the molecule is CCCC(C)(C)C(O)OC(C(F)(F)F)C(F)(F)F. The molecule has 0 fully saturated rings. The first kappa shape index (κ1) is 17.5. The normalized spacial score (nSPS) is 16.2. The van der Waals surface area contributed by atoms with Crippen LogP contribution in [0.2, 0.25) is 0 Å². The summed E-state index contributed by atoms with van der Waals surface area (Å²) >= 11 is 0. The molecule has 0 bridgehead atoms. The molecule has 110 valence electrons. The number of aliphatic hydroxyl groups excluding tert-OH is 1. The zero-order valence-corrected chi connectivity index (χ0v) is 10.2. The molecule has 2 nitrogen and oxygen atoms in total. The number of halogens is 6. The van der Waals surface area contributed by atoms with E-state index in [9.17, 15) is 31.4 Å². The van der Waals surface area contributed by atoms with Gasteiger partial charge < -0.3 is 9.84 Å². The van der Waals surface area contributed by atoms with Gasteiger partial charge in [-0.2, -0.15) is 26.3 Å². The van der Waals surface area contributed by atoms with Gasteiger partial charge in [-0.05, 0) is 6.42 Å². The Kier molecular flexibility index (Phi) is 5.49. The van der Waals surface area contributed by atoms with E-state index in [1.54, 1.807) is 6.92 Å². The Balaban J connectivity index is 4.91. The third-order valence-corrected chi connectivity index (χ3v) is 2.42. The summed E-state index contributed by atoms with van der Waals surface area (Å²) in [5.74, 6) is 0. The Morgan fingerprint density at radius 2 is 1.39 bits per heavy atom. The third kappa shape index (κ3) is 5.01. The zero-order valence-electron chi connectivity index (χ0n) is 10.2. The van der Waals surface area contributed by atoms with Crippen LogP contribution in [-0.4, -0.2) is 29.9 Å². The molecule has 1 N–H and O–H groups in total. The fourth-order valence-electron chi connectivity index (χ4n) is 1.42. The van der Waals surface area contributed by atoms with E-state index in [-0.39, 0.29) is 6.42 Å². The molecule has 0 aromatic carbocycles. The monoisotopic (exact) mass is 282 g/mol. The number of rotatable bonds is 5. The Morgan fingerprint density at radius 3 is 1.67 bits per heavy atom. The van der Waals surface area contributed by atoms with E-state index in [4.69, 9.17) is 0 Å². The maximum absolute atomic E-state index is 12.2. The number of hydrogen-bond donors (Lipinski definition) is 1. The van der Waals surface area contributed by atoms with Crippen molar-refractivity contribution < 1.29 is 36.2 Å². The largest absolute Gasteiger partial charge is 0.423 e. The van der Waals surface area contributed by atoms with Crippen LogP contribution in [0.25, 0.3) is 0 Å². The minimum Gasteiger partial charge on any atom is -0.367 e. The van der Waals surface area contributed by atoms with Crippen LogP contribution in [0.3, 0.4) is 0 Å². The number of hydrogen-bond acceptors (Lipinski definition) is 2. The summed E-state index contributed by atoms with van der Waals surface area (Å²) in [6, 6.07) is 0. The topological polar surface area (TPSA) is 29.5 Å². The van der Waals surface area contributed by atoms with Crippen molar-refractivity contribution in [1.29, 1.82) is 0 Å². The Labute approximate surface area is 101 Å². The second-order valence-electron chi connectivity index (χ2n) is 4.69. The second-order valence-corrected chi connectivity index (χ2v) is 4.69. The fourth-order valence-corrected chi connectivity index (χ4v) is 1.42. The summed E-state index contributed by atoms with van der Waals surface area (Å²) in [7, 11) is 0. The Morgan fingerprint density at radius 1 is 1.00 bits per heavy atom. The van der Waals surface area contributed by atoms with Crippen molar-refractivity contribution >= 4 is 0 Å². The maximum Gasteiger partial charge on any atom is 0.423 e. The van der Waals surface area contributed by atoms with Crippen molar-refractivity contribution in [3.05, 3.63) is 0 Å². The molecule has 0 saturated carbocycles. The summed E-state index contributed by atoms with van der Waals surface area (Å²) in [6.45, 7) is 4.37. The molecule has 18 heavy (non-hydrogen) atoms. The van der Waals surface area contributed by atoms with Crippen LogP contribution < -0.4 is 0 Å². The second kappa shape index (κ2) is 5.64. The van der Waals surface area contributed by atoms with Gasteiger partial charge in [0.25, 0.3) is 6.10 Å². The van der Waals surface area contributed by atoms with E-state index in [2.05, 4.69) is 4.74 Å². The van der Waals surface area contributed by atoms with Crippen molar-refractivity contribution in [2.24, 2.45) is 5.41 Å². The van der Waals surface area contributed by atoms with Gasteiger partial charge in [0.1, 0.15) is 0 Å². The van der Waals surface area contributed by atoms with Crippen LogP contribution in [0.4, 0.5) is 26.3 Å². The Bertz CT molecular complexity index is 244. The highest BCUT2D eigenvalue weighted by Gasteiger charge is 2.59. The smallest absolute Gasteiger partial charge is 0.367 e. The van der Waals surface area contributed by atoms with Gasteiger partial charge in [-0.15, -0.1) is 0 Å². The van der Waals surface area contributed by atoms with E-state index in [1.165, 1.54) is 13.8 Å². The van der Waals surface area contributed by atoms with Gasteiger partial charge in [-0.25, -0.2) is 0 Å². The van der Waals surface area contributed by atoms with E-state index in [1.807, 2.05) is 0 Å². The lowest BCUT2D eigenvalue weighted by molar-refractivity contribution is -0.359. The van der Waals surface area contributed by atoms with Gasteiger partial charge >= 0.3 is 12.4 Å². The standard InChI is InChI=1S/C10H16F6O2/c1-4-5-8(2,3)7(17)18-6(9(11,12)13)10(14,15)16/h6-7,17H,4-5H2,1-3H3. The van der Waals surface area contributed by atoms with Gasteiger partial charge in [0.2, 0.25) is 0 Å². The number of ether oxygens (including phenoxy) is 1. The quantitative estimate of drug-likeness (QED) is 0.616. The molecule has 0 aliphatic heterocycles. The summed E-state index contributed by atoms with van der Waals surface area (Å²) in [5.41, 5.74) is -1.19. The van der Waals surface area contributed by atoms with Gasteiger partial charge in [-0.1, -0.05) is 27.2 Å². The lowest BCUT2D eigenvalue weighted by Crippen LogP contribution is -2.49. The first-order valence-corrected chi connectivity index (χ1v) is 5.29. The first-order chi connectivity index (χ1) is 7.82. The molecular formula is C10H16F6O2. The summed E-state index contributed by atoms with van der Waals surface area (Å²) in [6.07, 6.45) is -16.6. The van der Waals surface area contributed by atoms with Crippen LogP contribution in [0, 0.1) is 5.41 Å². The van der Waals surface area contributed by atoms with Crippen molar-refractivity contribution in [2.75, 3.05) is 0 Å². The average molecular weight is 282 g/mol. The van der Waals surface area contributed by atoms with Crippen LogP contribution in [-0.2, 0) is 4.74 Å². The van der Waals surface area contributed by atoms with Gasteiger partial charge in [0.15, 0.2) is 6.29 Å². The van der Waals surface area contributed by atoms with Crippen molar-refractivity contribution in [3.63, 3.8) is 0 Å². The van der Waals surface area contributed by atoms with Crippen LogP contribution >= 0.6 is 0 Å². The predicted molar refractivity (Wildman–Crippen MR) is 51.7 cm³/mol. The molecular weight excluding hydrogens is 266 g/mol. The summed E-state index contributed by atoms with van der Waals surface area (Å²) in [5, 5.41) is 9.38. The number of alkyl halides is 6. The van der Waals surface area contributed by atoms with Crippen molar-refractivity contribution in [1.82, 2.24) is 0 Å². The highest BCUT2D eigenvalue weighted by Crippen LogP contribution is 2.39. The lowest BCUT2D eigenvalue weighted by atomic mass is 9.87. The molecule has 0 saturated heterocycles. The molecule has 0 aromatic heterocycles. The molecule has 0 aliphatic carbocycles. The molecule has 0 spiro atoms.